The number of carbonyl (C=O) groups is 1. The van der Waals surface area contributed by atoms with Gasteiger partial charge in [-0.05, 0) is 59.0 Å². The SMILES string of the molecule is CC(C)(C)OC(=O)N(CC1CCNC1)C1CC1. The zero-order valence-corrected chi connectivity index (χ0v) is 11.2. The van der Waals surface area contributed by atoms with Gasteiger partial charge in [0.05, 0.1) is 0 Å². The van der Waals surface area contributed by atoms with Crippen LogP contribution in [-0.4, -0.2) is 42.3 Å². The summed E-state index contributed by atoms with van der Waals surface area (Å²) in [5.74, 6) is 0.600. The summed E-state index contributed by atoms with van der Waals surface area (Å²) in [6, 6.07) is 0.436. The molecule has 1 amide bonds. The molecule has 1 saturated heterocycles. The average molecular weight is 240 g/mol. The molecule has 1 saturated carbocycles. The number of hydrogen-bond acceptors (Lipinski definition) is 3. The summed E-state index contributed by atoms with van der Waals surface area (Å²) in [6.45, 7) is 8.74. The van der Waals surface area contributed by atoms with E-state index in [9.17, 15) is 4.79 Å². The molecular formula is C13H24N2O2. The maximum atomic E-state index is 12.1. The van der Waals surface area contributed by atoms with Gasteiger partial charge in [-0.3, -0.25) is 0 Å². The highest BCUT2D eigenvalue weighted by atomic mass is 16.6. The third kappa shape index (κ3) is 3.87. The zero-order chi connectivity index (χ0) is 12.5. The van der Waals surface area contributed by atoms with Gasteiger partial charge in [-0.25, -0.2) is 4.79 Å². The first-order valence-corrected chi connectivity index (χ1v) is 6.66. The van der Waals surface area contributed by atoms with Crippen molar-refractivity contribution in [3.8, 4) is 0 Å². The maximum Gasteiger partial charge on any atom is 0.410 e. The van der Waals surface area contributed by atoms with Crippen LogP contribution in [0, 0.1) is 5.92 Å². The smallest absolute Gasteiger partial charge is 0.410 e. The quantitative estimate of drug-likeness (QED) is 0.820. The molecule has 0 bridgehead atoms. The molecule has 1 aliphatic carbocycles. The molecule has 4 nitrogen and oxygen atoms in total. The lowest BCUT2D eigenvalue weighted by Gasteiger charge is -2.29. The number of rotatable bonds is 3. The van der Waals surface area contributed by atoms with Gasteiger partial charge in [0.25, 0.3) is 0 Å². The fraction of sp³-hybridized carbons (Fsp3) is 0.923. The minimum absolute atomic E-state index is 0.132. The molecule has 98 valence electrons. The Labute approximate surface area is 104 Å². The van der Waals surface area contributed by atoms with Gasteiger partial charge in [0.15, 0.2) is 0 Å². The van der Waals surface area contributed by atoms with Crippen LogP contribution < -0.4 is 5.32 Å². The number of amides is 1. The minimum atomic E-state index is -0.391. The van der Waals surface area contributed by atoms with Crippen LogP contribution in [0.25, 0.3) is 0 Å². The predicted molar refractivity (Wildman–Crippen MR) is 66.9 cm³/mol. The Morgan fingerprint density at radius 1 is 1.35 bits per heavy atom. The fourth-order valence-electron chi connectivity index (χ4n) is 2.23. The van der Waals surface area contributed by atoms with E-state index >= 15 is 0 Å². The Kier molecular flexibility index (Phi) is 3.61. The Morgan fingerprint density at radius 2 is 2.06 bits per heavy atom. The molecule has 0 aromatic heterocycles. The molecule has 1 heterocycles. The largest absolute Gasteiger partial charge is 0.444 e. The molecule has 0 radical (unpaired) electrons. The van der Waals surface area contributed by atoms with Crippen LogP contribution in [0.1, 0.15) is 40.0 Å². The molecule has 1 atom stereocenters. The summed E-state index contributed by atoms with van der Waals surface area (Å²) in [4.78, 5) is 14.1. The maximum absolute atomic E-state index is 12.1. The molecule has 4 heteroatoms. The van der Waals surface area contributed by atoms with Gasteiger partial charge in [-0.1, -0.05) is 0 Å². The summed E-state index contributed by atoms with van der Waals surface area (Å²) in [5.41, 5.74) is -0.391. The van der Waals surface area contributed by atoms with Crippen molar-refractivity contribution in [3.63, 3.8) is 0 Å². The van der Waals surface area contributed by atoms with Crippen LogP contribution in [0.4, 0.5) is 4.79 Å². The van der Waals surface area contributed by atoms with E-state index in [1.54, 1.807) is 0 Å². The van der Waals surface area contributed by atoms with Crippen LogP contribution in [0.15, 0.2) is 0 Å². The molecular weight excluding hydrogens is 216 g/mol. The lowest BCUT2D eigenvalue weighted by atomic mass is 10.1. The van der Waals surface area contributed by atoms with Crippen molar-refractivity contribution in [1.82, 2.24) is 10.2 Å². The highest BCUT2D eigenvalue weighted by Crippen LogP contribution is 2.29. The van der Waals surface area contributed by atoms with Crippen LogP contribution in [0.5, 0.6) is 0 Å². The molecule has 1 aliphatic heterocycles. The zero-order valence-electron chi connectivity index (χ0n) is 11.2. The fourth-order valence-corrected chi connectivity index (χ4v) is 2.23. The molecule has 2 rings (SSSR count). The summed E-state index contributed by atoms with van der Waals surface area (Å²) >= 11 is 0. The lowest BCUT2D eigenvalue weighted by Crippen LogP contribution is -2.41. The van der Waals surface area contributed by atoms with Crippen LogP contribution >= 0.6 is 0 Å². The van der Waals surface area contributed by atoms with E-state index in [1.165, 1.54) is 6.42 Å². The van der Waals surface area contributed by atoms with Gasteiger partial charge in [0.1, 0.15) is 5.60 Å². The van der Waals surface area contributed by atoms with E-state index in [4.69, 9.17) is 4.74 Å². The summed E-state index contributed by atoms with van der Waals surface area (Å²) in [6.07, 6.45) is 3.32. The van der Waals surface area contributed by atoms with E-state index in [1.807, 2.05) is 25.7 Å². The van der Waals surface area contributed by atoms with Crippen LogP contribution in [0.2, 0.25) is 0 Å². The van der Waals surface area contributed by atoms with Gasteiger partial charge in [0.2, 0.25) is 0 Å². The third-order valence-electron chi connectivity index (χ3n) is 3.23. The first-order chi connectivity index (χ1) is 7.96. The highest BCUT2D eigenvalue weighted by molar-refractivity contribution is 5.69. The first kappa shape index (κ1) is 12.7. The first-order valence-electron chi connectivity index (χ1n) is 6.66. The van der Waals surface area contributed by atoms with Gasteiger partial charge in [0, 0.05) is 12.6 Å². The standard InChI is InChI=1S/C13H24N2O2/c1-13(2,3)17-12(16)15(11-4-5-11)9-10-6-7-14-8-10/h10-11,14H,4-9H2,1-3H3. The van der Waals surface area contributed by atoms with Crippen molar-refractivity contribution >= 4 is 6.09 Å². The van der Waals surface area contributed by atoms with Gasteiger partial charge in [-0.2, -0.15) is 0 Å². The molecule has 0 aromatic carbocycles. The van der Waals surface area contributed by atoms with Gasteiger partial charge >= 0.3 is 6.09 Å². The van der Waals surface area contributed by atoms with Crippen LogP contribution in [-0.2, 0) is 4.74 Å². The Bertz CT molecular complexity index is 276. The monoisotopic (exact) mass is 240 g/mol. The second kappa shape index (κ2) is 4.84. The molecule has 0 aromatic rings. The normalized spacial score (nSPS) is 24.8. The Morgan fingerprint density at radius 3 is 2.53 bits per heavy atom. The number of ether oxygens (including phenoxy) is 1. The van der Waals surface area contributed by atoms with Crippen molar-refractivity contribution in [1.29, 1.82) is 0 Å². The van der Waals surface area contributed by atoms with Gasteiger partial charge in [-0.15, -0.1) is 0 Å². The van der Waals surface area contributed by atoms with Crippen molar-refractivity contribution in [2.24, 2.45) is 5.92 Å². The second-order valence-electron chi connectivity index (χ2n) is 6.22. The predicted octanol–water partition coefficient (Wildman–Crippen LogP) is 2.00. The highest BCUT2D eigenvalue weighted by Gasteiger charge is 2.36. The number of nitrogens with one attached hydrogen (secondary N) is 1. The molecule has 0 spiro atoms. The van der Waals surface area contributed by atoms with Crippen molar-refractivity contribution in [3.05, 3.63) is 0 Å². The number of carbonyl (C=O) groups excluding carboxylic acids is 1. The van der Waals surface area contributed by atoms with Crippen molar-refractivity contribution < 1.29 is 9.53 Å². The minimum Gasteiger partial charge on any atom is -0.444 e. The molecule has 1 unspecified atom stereocenters. The third-order valence-corrected chi connectivity index (χ3v) is 3.23. The summed E-state index contributed by atoms with van der Waals surface area (Å²) < 4.78 is 5.48. The molecule has 2 aliphatic rings. The Hall–Kier alpha value is -0.770. The van der Waals surface area contributed by atoms with E-state index in [2.05, 4.69) is 5.32 Å². The van der Waals surface area contributed by atoms with Gasteiger partial charge < -0.3 is 15.0 Å². The van der Waals surface area contributed by atoms with E-state index in [0.717, 1.165) is 32.5 Å². The van der Waals surface area contributed by atoms with Crippen molar-refractivity contribution in [2.45, 2.75) is 51.7 Å². The lowest BCUT2D eigenvalue weighted by molar-refractivity contribution is 0.0207. The number of nitrogens with zero attached hydrogens (tertiary/aromatic N) is 1. The van der Waals surface area contributed by atoms with E-state index in [-0.39, 0.29) is 6.09 Å². The van der Waals surface area contributed by atoms with E-state index in [0.29, 0.717) is 12.0 Å². The number of hydrogen-bond donors (Lipinski definition) is 1. The average Bonchev–Trinajstić information content (AvgIpc) is 2.89. The summed E-state index contributed by atoms with van der Waals surface area (Å²) in [5, 5.41) is 3.35. The second-order valence-corrected chi connectivity index (χ2v) is 6.22. The summed E-state index contributed by atoms with van der Waals surface area (Å²) in [7, 11) is 0. The van der Waals surface area contributed by atoms with E-state index < -0.39 is 5.60 Å². The molecule has 2 fully saturated rings. The topological polar surface area (TPSA) is 41.6 Å². The Balaban J connectivity index is 1.89. The van der Waals surface area contributed by atoms with Crippen molar-refractivity contribution in [2.75, 3.05) is 19.6 Å². The molecule has 17 heavy (non-hydrogen) atoms. The van der Waals surface area contributed by atoms with Crippen LogP contribution in [0.3, 0.4) is 0 Å². The molecule has 1 N–H and O–H groups in total.